The van der Waals surface area contributed by atoms with Gasteiger partial charge in [-0.25, -0.2) is 0 Å². The Balaban J connectivity index is 3.27. The second-order valence-corrected chi connectivity index (χ2v) is 3.91. The first-order chi connectivity index (χ1) is 8.49. The van der Waals surface area contributed by atoms with Crippen molar-refractivity contribution >= 4 is 11.4 Å². The zero-order valence-electron chi connectivity index (χ0n) is 10.7. The Hall–Kier alpha value is -2.30. The molecule has 0 saturated carbocycles. The number of methoxy groups -OCH3 is 1. The van der Waals surface area contributed by atoms with Gasteiger partial charge in [0, 0.05) is 18.5 Å². The lowest BCUT2D eigenvalue weighted by Crippen LogP contribution is -2.08. The molecule has 1 aromatic carbocycles. The Morgan fingerprint density at radius 1 is 1.50 bits per heavy atom. The Bertz CT molecular complexity index is 491. The maximum absolute atomic E-state index is 10.7. The number of hydrogen-bond acceptors (Lipinski definition) is 4. The van der Waals surface area contributed by atoms with Gasteiger partial charge in [0.2, 0.25) is 0 Å². The zero-order valence-corrected chi connectivity index (χ0v) is 10.7. The van der Waals surface area contributed by atoms with Crippen molar-refractivity contribution in [3.8, 4) is 5.75 Å². The van der Waals surface area contributed by atoms with E-state index in [4.69, 9.17) is 4.74 Å². The number of ether oxygens (including phenoxy) is 1. The van der Waals surface area contributed by atoms with Crippen LogP contribution in [0.1, 0.15) is 13.8 Å². The van der Waals surface area contributed by atoms with Crippen LogP contribution in [-0.4, -0.2) is 12.0 Å². The maximum Gasteiger partial charge on any atom is 0.273 e. The van der Waals surface area contributed by atoms with E-state index in [9.17, 15) is 10.1 Å². The third-order valence-electron chi connectivity index (χ3n) is 2.25. The van der Waals surface area contributed by atoms with Crippen molar-refractivity contribution < 1.29 is 9.66 Å². The van der Waals surface area contributed by atoms with Crippen molar-refractivity contribution in [2.24, 2.45) is 0 Å². The van der Waals surface area contributed by atoms with Crippen molar-refractivity contribution in [3.63, 3.8) is 0 Å². The molecule has 96 valence electrons. The molecule has 0 aliphatic heterocycles. The average Bonchev–Trinajstić information content (AvgIpc) is 2.34. The number of rotatable bonds is 5. The van der Waals surface area contributed by atoms with Crippen LogP contribution in [-0.2, 0) is 0 Å². The Labute approximate surface area is 106 Å². The Morgan fingerprint density at radius 2 is 2.17 bits per heavy atom. The van der Waals surface area contributed by atoms with Crippen molar-refractivity contribution in [2.75, 3.05) is 12.0 Å². The molecule has 0 amide bonds. The quantitative estimate of drug-likeness (QED) is 0.591. The molecule has 0 aliphatic carbocycles. The summed E-state index contributed by atoms with van der Waals surface area (Å²) in [6.07, 6.45) is 3.49. The standard InChI is InChI=1S/C13H16N2O3/c1-5-14(9-10(2)3)12-7-6-11(15(16)17)8-13(12)18-4/h5-9H,1H2,2-4H3. The molecule has 5 heteroatoms. The van der Waals surface area contributed by atoms with Gasteiger partial charge < -0.3 is 9.64 Å². The summed E-state index contributed by atoms with van der Waals surface area (Å²) in [4.78, 5) is 12.0. The Kier molecular flexibility index (Phi) is 4.48. The van der Waals surface area contributed by atoms with Crippen molar-refractivity contribution in [1.82, 2.24) is 0 Å². The molecule has 1 aromatic rings. The number of anilines is 1. The van der Waals surface area contributed by atoms with Crippen LogP contribution in [0.3, 0.4) is 0 Å². The first-order valence-corrected chi connectivity index (χ1v) is 5.38. The molecule has 0 heterocycles. The minimum absolute atomic E-state index is 0.00295. The number of allylic oxidation sites excluding steroid dienone is 1. The van der Waals surface area contributed by atoms with Crippen molar-refractivity contribution in [2.45, 2.75) is 13.8 Å². The zero-order chi connectivity index (χ0) is 13.7. The van der Waals surface area contributed by atoms with E-state index in [-0.39, 0.29) is 5.69 Å². The van der Waals surface area contributed by atoms with Gasteiger partial charge in [0.25, 0.3) is 5.69 Å². The van der Waals surface area contributed by atoms with Gasteiger partial charge in [-0.15, -0.1) is 0 Å². The van der Waals surface area contributed by atoms with E-state index in [1.807, 2.05) is 20.0 Å². The number of nitro benzene ring substituents is 1. The molecule has 0 N–H and O–H groups in total. The minimum atomic E-state index is -0.453. The molecule has 0 aliphatic rings. The van der Waals surface area contributed by atoms with Gasteiger partial charge in [-0.2, -0.15) is 0 Å². The van der Waals surface area contributed by atoms with Crippen molar-refractivity contribution in [3.05, 3.63) is 52.9 Å². The fourth-order valence-electron chi connectivity index (χ4n) is 1.49. The van der Waals surface area contributed by atoms with Crippen LogP contribution in [0.25, 0.3) is 0 Å². The molecule has 18 heavy (non-hydrogen) atoms. The maximum atomic E-state index is 10.7. The highest BCUT2D eigenvalue weighted by Crippen LogP contribution is 2.32. The summed E-state index contributed by atoms with van der Waals surface area (Å²) in [5, 5.41) is 10.7. The van der Waals surface area contributed by atoms with Crippen molar-refractivity contribution in [1.29, 1.82) is 0 Å². The summed E-state index contributed by atoms with van der Waals surface area (Å²) < 4.78 is 5.18. The monoisotopic (exact) mass is 248 g/mol. The molecule has 0 fully saturated rings. The fraction of sp³-hybridized carbons (Fsp3) is 0.231. The van der Waals surface area contributed by atoms with Gasteiger partial charge >= 0.3 is 0 Å². The van der Waals surface area contributed by atoms with Gasteiger partial charge in [-0.3, -0.25) is 10.1 Å². The summed E-state index contributed by atoms with van der Waals surface area (Å²) in [7, 11) is 1.48. The highest BCUT2D eigenvalue weighted by atomic mass is 16.6. The van der Waals surface area contributed by atoms with E-state index < -0.39 is 4.92 Å². The number of hydrogen-bond donors (Lipinski definition) is 0. The molecule has 0 spiro atoms. The second kappa shape index (κ2) is 5.86. The lowest BCUT2D eigenvalue weighted by atomic mass is 10.2. The molecular weight excluding hydrogens is 232 g/mol. The summed E-state index contributed by atoms with van der Waals surface area (Å²) in [5.41, 5.74) is 1.78. The highest BCUT2D eigenvalue weighted by molar-refractivity contribution is 5.65. The van der Waals surface area contributed by atoms with Crippen LogP contribution in [0.5, 0.6) is 5.75 Å². The molecule has 5 nitrogen and oxygen atoms in total. The van der Waals surface area contributed by atoms with Crippen LogP contribution in [0.15, 0.2) is 42.8 Å². The SMILES string of the molecule is C=CN(C=C(C)C)c1ccc([N+](=O)[O-])cc1OC. The topological polar surface area (TPSA) is 55.6 Å². The van der Waals surface area contributed by atoms with Gasteiger partial charge in [0.05, 0.1) is 23.8 Å². The number of nitrogens with zero attached hydrogens (tertiary/aromatic N) is 2. The lowest BCUT2D eigenvalue weighted by Gasteiger charge is -2.18. The van der Waals surface area contributed by atoms with Crippen LogP contribution in [0.4, 0.5) is 11.4 Å². The van der Waals surface area contributed by atoms with E-state index in [0.717, 1.165) is 5.57 Å². The normalized spacial score (nSPS) is 9.50. The highest BCUT2D eigenvalue weighted by Gasteiger charge is 2.13. The number of nitro groups is 1. The predicted molar refractivity (Wildman–Crippen MR) is 71.8 cm³/mol. The van der Waals surface area contributed by atoms with E-state index >= 15 is 0 Å². The molecule has 0 bridgehead atoms. The van der Waals surface area contributed by atoms with Crippen LogP contribution in [0, 0.1) is 10.1 Å². The Morgan fingerprint density at radius 3 is 2.61 bits per heavy atom. The van der Waals surface area contributed by atoms with E-state index in [0.29, 0.717) is 11.4 Å². The van der Waals surface area contributed by atoms with Gasteiger partial charge in [-0.1, -0.05) is 12.2 Å². The van der Waals surface area contributed by atoms with Crippen LogP contribution >= 0.6 is 0 Å². The first-order valence-electron chi connectivity index (χ1n) is 5.38. The smallest absolute Gasteiger partial charge is 0.273 e. The van der Waals surface area contributed by atoms with Gasteiger partial charge in [0.15, 0.2) is 0 Å². The molecule has 0 atom stereocenters. The van der Waals surface area contributed by atoms with E-state index in [2.05, 4.69) is 6.58 Å². The van der Waals surface area contributed by atoms with E-state index in [1.54, 1.807) is 17.2 Å². The second-order valence-electron chi connectivity index (χ2n) is 3.91. The lowest BCUT2D eigenvalue weighted by molar-refractivity contribution is -0.384. The fourth-order valence-corrected chi connectivity index (χ4v) is 1.49. The van der Waals surface area contributed by atoms with E-state index in [1.165, 1.54) is 19.2 Å². The molecule has 0 aromatic heterocycles. The molecular formula is C13H16N2O3. The van der Waals surface area contributed by atoms with Gasteiger partial charge in [0.1, 0.15) is 5.75 Å². The van der Waals surface area contributed by atoms with Crippen LogP contribution in [0.2, 0.25) is 0 Å². The summed E-state index contributed by atoms with van der Waals surface area (Å²) in [6, 6.07) is 4.47. The summed E-state index contributed by atoms with van der Waals surface area (Å²) in [5.74, 6) is 0.432. The number of benzene rings is 1. The predicted octanol–water partition coefficient (Wildman–Crippen LogP) is 3.48. The third-order valence-corrected chi connectivity index (χ3v) is 2.25. The summed E-state index contributed by atoms with van der Waals surface area (Å²) >= 11 is 0. The average molecular weight is 248 g/mol. The molecule has 1 rings (SSSR count). The molecule has 0 unspecified atom stereocenters. The molecule has 0 radical (unpaired) electrons. The summed E-state index contributed by atoms with van der Waals surface area (Å²) in [6.45, 7) is 7.62. The number of non-ortho nitro benzene ring substituents is 1. The van der Waals surface area contributed by atoms with Crippen LogP contribution < -0.4 is 9.64 Å². The largest absolute Gasteiger partial charge is 0.494 e. The minimum Gasteiger partial charge on any atom is -0.494 e. The first kappa shape index (κ1) is 13.8. The van der Waals surface area contributed by atoms with Gasteiger partial charge in [-0.05, 0) is 19.9 Å². The third kappa shape index (κ3) is 3.10. The molecule has 0 saturated heterocycles.